The molecule has 0 N–H and O–H groups in total. The van der Waals surface area contributed by atoms with E-state index in [1.807, 2.05) is 6.92 Å². The monoisotopic (exact) mass is 134 g/mol. The summed E-state index contributed by atoms with van der Waals surface area (Å²) >= 11 is 0. The van der Waals surface area contributed by atoms with Crippen LogP contribution in [-0.2, 0) is 4.79 Å². The largest absolute Gasteiger partial charge is 0.298 e. The maximum atomic E-state index is 10.2. The van der Waals surface area contributed by atoms with Gasteiger partial charge in [0.1, 0.15) is 6.29 Å². The molecule has 10 heavy (non-hydrogen) atoms. The van der Waals surface area contributed by atoms with Gasteiger partial charge in [0.15, 0.2) is 0 Å². The van der Waals surface area contributed by atoms with E-state index < -0.39 is 0 Å². The summed E-state index contributed by atoms with van der Waals surface area (Å²) in [6, 6.07) is 0. The van der Waals surface area contributed by atoms with Gasteiger partial charge in [0.25, 0.3) is 0 Å². The van der Waals surface area contributed by atoms with Gasteiger partial charge in [0, 0.05) is 5.57 Å². The molecule has 0 fully saturated rings. The van der Waals surface area contributed by atoms with E-state index in [-0.39, 0.29) is 0 Å². The van der Waals surface area contributed by atoms with Gasteiger partial charge < -0.3 is 0 Å². The minimum absolute atomic E-state index is 0.624. The van der Waals surface area contributed by atoms with E-state index in [9.17, 15) is 4.79 Å². The van der Waals surface area contributed by atoms with Crippen molar-refractivity contribution >= 4 is 6.29 Å². The average molecular weight is 134 g/mol. The van der Waals surface area contributed by atoms with Crippen molar-refractivity contribution in [2.45, 2.75) is 6.92 Å². The molecule has 0 spiro atoms. The van der Waals surface area contributed by atoms with Crippen molar-refractivity contribution in [1.29, 1.82) is 0 Å². The molecule has 0 aliphatic rings. The number of allylic oxidation sites excluding steroid dienone is 5. The van der Waals surface area contributed by atoms with E-state index in [2.05, 4.69) is 12.3 Å². The van der Waals surface area contributed by atoms with Crippen LogP contribution < -0.4 is 0 Å². The number of carbonyl (C=O) groups is 1. The lowest BCUT2D eigenvalue weighted by Crippen LogP contribution is -1.75. The van der Waals surface area contributed by atoms with Crippen LogP contribution in [-0.4, -0.2) is 6.29 Å². The number of rotatable bonds is 3. The molecule has 0 heterocycles. The van der Waals surface area contributed by atoms with Crippen molar-refractivity contribution in [3.8, 4) is 0 Å². The fourth-order valence-corrected chi connectivity index (χ4v) is 0.482. The number of carbonyl (C=O) groups excluding carboxylic acids is 1. The van der Waals surface area contributed by atoms with Gasteiger partial charge in [-0.1, -0.05) is 18.7 Å². The summed E-state index contributed by atoms with van der Waals surface area (Å²) in [4.78, 5) is 10.2. The molecule has 0 saturated carbocycles. The van der Waals surface area contributed by atoms with Crippen LogP contribution in [0.1, 0.15) is 6.92 Å². The van der Waals surface area contributed by atoms with E-state index in [1.54, 1.807) is 24.3 Å². The maximum Gasteiger partial charge on any atom is 0.150 e. The normalized spacial score (nSPS) is 11.1. The molecule has 0 saturated heterocycles. The molecule has 0 radical (unpaired) electrons. The van der Waals surface area contributed by atoms with Gasteiger partial charge in [-0.05, 0) is 19.1 Å². The second-order valence-corrected chi connectivity index (χ2v) is 1.66. The van der Waals surface area contributed by atoms with Crippen molar-refractivity contribution in [3.63, 3.8) is 0 Å². The number of aldehydes is 1. The second kappa shape index (κ2) is 5.80. The molecular weight excluding hydrogens is 124 g/mol. The van der Waals surface area contributed by atoms with Crippen LogP contribution in [0.5, 0.6) is 0 Å². The highest BCUT2D eigenvalue weighted by molar-refractivity contribution is 5.77. The molecule has 0 aromatic carbocycles. The van der Waals surface area contributed by atoms with Gasteiger partial charge in [-0.25, -0.2) is 0 Å². The summed E-state index contributed by atoms with van der Waals surface area (Å²) in [6.45, 7) is 5.22. The molecule has 0 aromatic heterocycles. The highest BCUT2D eigenvalue weighted by atomic mass is 16.1. The molecule has 1 heteroatoms. The Bertz CT molecular complexity index is 203. The summed E-state index contributed by atoms with van der Waals surface area (Å²) in [7, 11) is 0. The van der Waals surface area contributed by atoms with Crippen molar-refractivity contribution in [2.75, 3.05) is 0 Å². The van der Waals surface area contributed by atoms with Crippen molar-refractivity contribution in [1.82, 2.24) is 0 Å². The Morgan fingerprint density at radius 1 is 1.60 bits per heavy atom. The lowest BCUT2D eigenvalue weighted by Gasteiger charge is -1.81. The van der Waals surface area contributed by atoms with Crippen molar-refractivity contribution in [2.24, 2.45) is 0 Å². The predicted octanol–water partition coefficient (Wildman–Crippen LogP) is 2.03. The third-order valence-electron chi connectivity index (χ3n) is 0.889. The summed E-state index contributed by atoms with van der Waals surface area (Å²) in [5, 5.41) is 0. The van der Waals surface area contributed by atoms with Crippen molar-refractivity contribution in [3.05, 3.63) is 42.2 Å². The smallest absolute Gasteiger partial charge is 0.150 e. The summed E-state index contributed by atoms with van der Waals surface area (Å²) in [5.74, 6) is 0. The SMILES string of the molecule is C=C=C/C=C(C=O)\C=C/C. The van der Waals surface area contributed by atoms with Gasteiger partial charge in [-0.15, -0.1) is 5.73 Å². The van der Waals surface area contributed by atoms with E-state index in [0.29, 0.717) is 5.57 Å². The van der Waals surface area contributed by atoms with Gasteiger partial charge in [-0.2, -0.15) is 0 Å². The van der Waals surface area contributed by atoms with Gasteiger partial charge >= 0.3 is 0 Å². The van der Waals surface area contributed by atoms with E-state index in [4.69, 9.17) is 0 Å². The summed E-state index contributed by atoms with van der Waals surface area (Å²) in [5.41, 5.74) is 3.17. The first-order valence-electron chi connectivity index (χ1n) is 2.99. The van der Waals surface area contributed by atoms with Crippen LogP contribution in [0.25, 0.3) is 0 Å². The topological polar surface area (TPSA) is 17.1 Å². The van der Waals surface area contributed by atoms with Crippen LogP contribution >= 0.6 is 0 Å². The fourth-order valence-electron chi connectivity index (χ4n) is 0.482. The molecule has 0 aliphatic heterocycles. The summed E-state index contributed by atoms with van der Waals surface area (Å²) < 4.78 is 0. The number of hydrogen-bond donors (Lipinski definition) is 0. The standard InChI is InChI=1S/C9H10O/c1-3-5-7-9(8-10)6-4-2/h4-8H,1H2,2H3/b6-4-,9-7+. The van der Waals surface area contributed by atoms with E-state index in [0.717, 1.165) is 6.29 Å². The molecule has 1 nitrogen and oxygen atoms in total. The first kappa shape index (κ1) is 8.67. The van der Waals surface area contributed by atoms with E-state index >= 15 is 0 Å². The molecular formula is C9H10O. The van der Waals surface area contributed by atoms with Crippen LogP contribution in [0.3, 0.4) is 0 Å². The lowest BCUT2D eigenvalue weighted by molar-refractivity contribution is -0.104. The molecule has 0 unspecified atom stereocenters. The zero-order chi connectivity index (χ0) is 7.82. The highest BCUT2D eigenvalue weighted by Gasteiger charge is 1.81. The highest BCUT2D eigenvalue weighted by Crippen LogP contribution is 1.91. The minimum Gasteiger partial charge on any atom is -0.298 e. The van der Waals surface area contributed by atoms with Crippen LogP contribution in [0, 0.1) is 0 Å². The molecule has 52 valence electrons. The predicted molar refractivity (Wildman–Crippen MR) is 42.7 cm³/mol. The Morgan fingerprint density at radius 3 is 2.70 bits per heavy atom. The molecule has 0 aliphatic carbocycles. The van der Waals surface area contributed by atoms with Crippen LogP contribution in [0.2, 0.25) is 0 Å². The molecule has 0 rings (SSSR count). The van der Waals surface area contributed by atoms with Crippen LogP contribution in [0.4, 0.5) is 0 Å². The minimum atomic E-state index is 0.624. The number of hydrogen-bond acceptors (Lipinski definition) is 1. The molecule has 0 bridgehead atoms. The van der Waals surface area contributed by atoms with Gasteiger partial charge in [0.05, 0.1) is 0 Å². The molecule has 0 aromatic rings. The van der Waals surface area contributed by atoms with Gasteiger partial charge in [0.2, 0.25) is 0 Å². The summed E-state index contributed by atoms with van der Waals surface area (Å²) in [6.07, 6.45) is 7.57. The second-order valence-electron chi connectivity index (χ2n) is 1.66. The Hall–Kier alpha value is -1.33. The third-order valence-corrected chi connectivity index (χ3v) is 0.889. The quantitative estimate of drug-likeness (QED) is 0.250. The first-order valence-corrected chi connectivity index (χ1v) is 2.99. The van der Waals surface area contributed by atoms with Gasteiger partial charge in [-0.3, -0.25) is 4.79 Å². The van der Waals surface area contributed by atoms with Crippen molar-refractivity contribution < 1.29 is 4.79 Å². The average Bonchev–Trinajstić information content (AvgIpc) is 1.98. The Balaban J connectivity index is 4.31. The zero-order valence-corrected chi connectivity index (χ0v) is 6.00. The molecule has 0 amide bonds. The Labute approximate surface area is 61.1 Å². The molecule has 0 atom stereocenters. The lowest BCUT2D eigenvalue weighted by atomic mass is 10.2. The first-order chi connectivity index (χ1) is 4.85. The Morgan fingerprint density at radius 2 is 2.30 bits per heavy atom. The third kappa shape index (κ3) is 3.65. The van der Waals surface area contributed by atoms with Crippen LogP contribution in [0.15, 0.2) is 42.2 Å². The van der Waals surface area contributed by atoms with E-state index in [1.165, 1.54) is 0 Å². The maximum absolute atomic E-state index is 10.2. The zero-order valence-electron chi connectivity index (χ0n) is 6.00. The fraction of sp³-hybridized carbons (Fsp3) is 0.111. The Kier molecular flexibility index (Phi) is 5.03.